The molecule has 1 aliphatic rings. The summed E-state index contributed by atoms with van der Waals surface area (Å²) in [5.74, 6) is 0.558. The van der Waals surface area contributed by atoms with Crippen molar-refractivity contribution < 1.29 is 4.39 Å². The van der Waals surface area contributed by atoms with Crippen LogP contribution in [0.25, 0.3) is 0 Å². The SMILES string of the molecule is CC1CCCC(Sc2ncc(Br)cc2F)C1. The third-order valence-electron chi connectivity index (χ3n) is 2.94. The highest BCUT2D eigenvalue weighted by atomic mass is 79.9. The highest BCUT2D eigenvalue weighted by Gasteiger charge is 2.21. The molecule has 0 aliphatic heterocycles. The maximum Gasteiger partial charge on any atom is 0.156 e. The van der Waals surface area contributed by atoms with E-state index in [1.807, 2.05) is 0 Å². The van der Waals surface area contributed by atoms with Crippen molar-refractivity contribution in [3.05, 3.63) is 22.6 Å². The normalized spacial score (nSPS) is 25.7. The number of thioether (sulfide) groups is 1. The van der Waals surface area contributed by atoms with Crippen LogP contribution in [0.4, 0.5) is 4.39 Å². The first-order chi connectivity index (χ1) is 7.65. The van der Waals surface area contributed by atoms with Crippen LogP contribution in [-0.2, 0) is 0 Å². The highest BCUT2D eigenvalue weighted by Crippen LogP contribution is 2.36. The molecular weight excluding hydrogens is 289 g/mol. The summed E-state index contributed by atoms with van der Waals surface area (Å²) in [6.07, 6.45) is 6.61. The molecule has 4 heteroatoms. The molecule has 88 valence electrons. The van der Waals surface area contributed by atoms with Crippen LogP contribution in [-0.4, -0.2) is 10.2 Å². The Morgan fingerprint density at radius 1 is 1.50 bits per heavy atom. The summed E-state index contributed by atoms with van der Waals surface area (Å²) in [5, 5.41) is 1.08. The summed E-state index contributed by atoms with van der Waals surface area (Å²) in [6.45, 7) is 2.28. The second-order valence-corrected chi connectivity index (χ2v) is 6.66. The van der Waals surface area contributed by atoms with E-state index in [4.69, 9.17) is 0 Å². The first kappa shape index (κ1) is 12.4. The molecule has 1 fully saturated rings. The minimum Gasteiger partial charge on any atom is -0.246 e. The fourth-order valence-corrected chi connectivity index (χ4v) is 3.75. The van der Waals surface area contributed by atoms with Gasteiger partial charge in [0.2, 0.25) is 0 Å². The molecule has 1 aromatic rings. The van der Waals surface area contributed by atoms with Gasteiger partial charge in [0.1, 0.15) is 5.03 Å². The number of hydrogen-bond acceptors (Lipinski definition) is 2. The van der Waals surface area contributed by atoms with Crippen molar-refractivity contribution >= 4 is 27.7 Å². The fraction of sp³-hybridized carbons (Fsp3) is 0.583. The number of pyridine rings is 1. The number of nitrogens with zero attached hydrogens (tertiary/aromatic N) is 1. The van der Waals surface area contributed by atoms with Gasteiger partial charge in [0.15, 0.2) is 5.82 Å². The standard InChI is InChI=1S/C12H15BrFNS/c1-8-3-2-4-10(5-8)16-12-11(14)6-9(13)7-15-12/h6-8,10H,2-5H2,1H3. The number of aromatic nitrogens is 1. The molecule has 2 unspecified atom stereocenters. The van der Waals surface area contributed by atoms with E-state index in [-0.39, 0.29) is 5.82 Å². The van der Waals surface area contributed by atoms with Gasteiger partial charge in [-0.15, -0.1) is 11.8 Å². The van der Waals surface area contributed by atoms with Gasteiger partial charge in [0.25, 0.3) is 0 Å². The molecule has 1 aliphatic carbocycles. The Labute approximate surface area is 108 Å². The molecule has 2 atom stereocenters. The highest BCUT2D eigenvalue weighted by molar-refractivity contribution is 9.10. The van der Waals surface area contributed by atoms with Gasteiger partial charge in [-0.2, -0.15) is 0 Å². The van der Waals surface area contributed by atoms with Crippen LogP contribution in [0.15, 0.2) is 21.8 Å². The van der Waals surface area contributed by atoms with E-state index in [0.29, 0.717) is 14.7 Å². The van der Waals surface area contributed by atoms with Gasteiger partial charge in [-0.05, 0) is 40.8 Å². The molecule has 0 aromatic carbocycles. The van der Waals surface area contributed by atoms with Crippen molar-refractivity contribution in [2.75, 3.05) is 0 Å². The molecule has 0 saturated heterocycles. The lowest BCUT2D eigenvalue weighted by molar-refractivity contribution is 0.393. The molecule has 0 spiro atoms. The van der Waals surface area contributed by atoms with Crippen molar-refractivity contribution in [3.63, 3.8) is 0 Å². The topological polar surface area (TPSA) is 12.9 Å². The van der Waals surface area contributed by atoms with Crippen LogP contribution in [0.2, 0.25) is 0 Å². The van der Waals surface area contributed by atoms with E-state index >= 15 is 0 Å². The van der Waals surface area contributed by atoms with E-state index < -0.39 is 0 Å². The second-order valence-electron chi connectivity index (χ2n) is 4.45. The molecular formula is C12H15BrFNS. The van der Waals surface area contributed by atoms with Gasteiger partial charge >= 0.3 is 0 Å². The molecule has 0 N–H and O–H groups in total. The summed E-state index contributed by atoms with van der Waals surface area (Å²) < 4.78 is 14.3. The molecule has 0 radical (unpaired) electrons. The van der Waals surface area contributed by atoms with E-state index in [1.54, 1.807) is 18.0 Å². The zero-order valence-electron chi connectivity index (χ0n) is 9.25. The molecule has 0 amide bonds. The molecule has 2 rings (SSSR count). The molecule has 1 aromatic heterocycles. The molecule has 1 saturated carbocycles. The van der Waals surface area contributed by atoms with Crippen molar-refractivity contribution in [1.82, 2.24) is 4.98 Å². The predicted octanol–water partition coefficient (Wildman–Crippen LogP) is 4.65. The second kappa shape index (κ2) is 5.50. The fourth-order valence-electron chi connectivity index (χ4n) is 2.13. The van der Waals surface area contributed by atoms with E-state index in [1.165, 1.54) is 31.7 Å². The van der Waals surface area contributed by atoms with Gasteiger partial charge in [-0.1, -0.05) is 19.8 Å². The van der Waals surface area contributed by atoms with Gasteiger partial charge < -0.3 is 0 Å². The Morgan fingerprint density at radius 2 is 2.31 bits per heavy atom. The summed E-state index contributed by atoms with van der Waals surface area (Å²) in [5.41, 5.74) is 0. The molecule has 0 bridgehead atoms. The van der Waals surface area contributed by atoms with E-state index in [2.05, 4.69) is 27.8 Å². The van der Waals surface area contributed by atoms with Crippen molar-refractivity contribution in [2.24, 2.45) is 5.92 Å². The average molecular weight is 304 g/mol. The predicted molar refractivity (Wildman–Crippen MR) is 69.2 cm³/mol. The van der Waals surface area contributed by atoms with Crippen molar-refractivity contribution in [1.29, 1.82) is 0 Å². The van der Waals surface area contributed by atoms with Gasteiger partial charge in [-0.25, -0.2) is 9.37 Å². The Balaban J connectivity index is 2.02. The molecule has 1 nitrogen and oxygen atoms in total. The summed E-state index contributed by atoms with van der Waals surface area (Å²) in [6, 6.07) is 1.49. The number of hydrogen-bond donors (Lipinski definition) is 0. The van der Waals surface area contributed by atoms with E-state index in [0.717, 1.165) is 5.92 Å². The Hall–Kier alpha value is -0.0900. The smallest absolute Gasteiger partial charge is 0.156 e. The Kier molecular flexibility index (Phi) is 4.25. The lowest BCUT2D eigenvalue weighted by Gasteiger charge is -2.25. The third kappa shape index (κ3) is 3.20. The zero-order valence-corrected chi connectivity index (χ0v) is 11.7. The monoisotopic (exact) mass is 303 g/mol. The third-order valence-corrected chi connectivity index (χ3v) is 4.66. The first-order valence-corrected chi connectivity index (χ1v) is 7.30. The van der Waals surface area contributed by atoms with Crippen LogP contribution in [0, 0.1) is 11.7 Å². The van der Waals surface area contributed by atoms with Gasteiger partial charge in [0, 0.05) is 15.9 Å². The maximum atomic E-state index is 13.6. The van der Waals surface area contributed by atoms with Crippen molar-refractivity contribution in [3.8, 4) is 0 Å². The Morgan fingerprint density at radius 3 is 3.00 bits per heavy atom. The van der Waals surface area contributed by atoms with E-state index in [9.17, 15) is 4.39 Å². The summed E-state index contributed by atoms with van der Waals surface area (Å²) in [4.78, 5) is 4.14. The molecule has 16 heavy (non-hydrogen) atoms. The average Bonchev–Trinajstić information content (AvgIpc) is 2.22. The van der Waals surface area contributed by atoms with Gasteiger partial charge in [-0.3, -0.25) is 0 Å². The lowest BCUT2D eigenvalue weighted by Crippen LogP contribution is -2.15. The maximum absolute atomic E-state index is 13.6. The van der Waals surface area contributed by atoms with Crippen molar-refractivity contribution in [2.45, 2.75) is 42.9 Å². The van der Waals surface area contributed by atoms with Crippen LogP contribution in [0.5, 0.6) is 0 Å². The van der Waals surface area contributed by atoms with Crippen LogP contribution >= 0.6 is 27.7 Å². The van der Waals surface area contributed by atoms with Crippen LogP contribution in [0.1, 0.15) is 32.6 Å². The number of rotatable bonds is 2. The largest absolute Gasteiger partial charge is 0.246 e. The van der Waals surface area contributed by atoms with Gasteiger partial charge in [0.05, 0.1) is 0 Å². The summed E-state index contributed by atoms with van der Waals surface area (Å²) >= 11 is 4.82. The first-order valence-electron chi connectivity index (χ1n) is 5.63. The molecule has 1 heterocycles. The van der Waals surface area contributed by atoms with Crippen LogP contribution in [0.3, 0.4) is 0 Å². The minimum atomic E-state index is -0.211. The number of halogens is 2. The van der Waals surface area contributed by atoms with Crippen LogP contribution < -0.4 is 0 Å². The Bertz CT molecular complexity index is 372. The lowest BCUT2D eigenvalue weighted by atomic mass is 9.91. The summed E-state index contributed by atoms with van der Waals surface area (Å²) in [7, 11) is 0. The minimum absolute atomic E-state index is 0.211. The zero-order chi connectivity index (χ0) is 11.5. The quantitative estimate of drug-likeness (QED) is 0.788.